The van der Waals surface area contributed by atoms with Crippen molar-refractivity contribution in [3.63, 3.8) is 0 Å². The van der Waals surface area contributed by atoms with Crippen LogP contribution in [0.25, 0.3) is 0 Å². The van der Waals surface area contributed by atoms with Gasteiger partial charge in [0.25, 0.3) is 0 Å². The maximum absolute atomic E-state index is 2.46. The number of allylic oxidation sites excluding steroid dienone is 6. The summed E-state index contributed by atoms with van der Waals surface area (Å²) in [5.41, 5.74) is 4.64. The van der Waals surface area contributed by atoms with Crippen LogP contribution in [0.1, 0.15) is 73.1 Å². The van der Waals surface area contributed by atoms with Gasteiger partial charge in [0.05, 0.1) is 0 Å². The minimum atomic E-state index is 1.20. The summed E-state index contributed by atoms with van der Waals surface area (Å²) in [6.07, 6.45) is 14.3. The van der Waals surface area contributed by atoms with Crippen LogP contribution < -0.4 is 0 Å². The Kier molecular flexibility index (Phi) is 9.90. The van der Waals surface area contributed by atoms with E-state index in [2.05, 4.69) is 52.8 Å². The van der Waals surface area contributed by atoms with Gasteiger partial charge < -0.3 is 0 Å². The second-order valence-electron chi connectivity index (χ2n) is 4.88. The summed E-state index contributed by atoms with van der Waals surface area (Å²) in [4.78, 5) is 0. The molecule has 17 heavy (non-hydrogen) atoms. The molecule has 0 rings (SSSR count). The van der Waals surface area contributed by atoms with Gasteiger partial charge >= 0.3 is 0 Å². The van der Waals surface area contributed by atoms with Gasteiger partial charge in [-0.2, -0.15) is 0 Å². The topological polar surface area (TPSA) is 0 Å². The molecule has 0 heteroatoms. The van der Waals surface area contributed by atoms with Crippen LogP contribution in [0.4, 0.5) is 0 Å². The molecular formula is C17H30. The molecule has 0 aromatic carbocycles. The van der Waals surface area contributed by atoms with Crippen molar-refractivity contribution < 1.29 is 0 Å². The molecule has 0 N–H and O–H groups in total. The summed E-state index contributed by atoms with van der Waals surface area (Å²) in [6, 6.07) is 0. The van der Waals surface area contributed by atoms with Crippen LogP contribution in [0, 0.1) is 0 Å². The molecule has 98 valence electrons. The van der Waals surface area contributed by atoms with Crippen molar-refractivity contribution in [2.24, 2.45) is 0 Å². The third-order valence-corrected chi connectivity index (χ3v) is 3.23. The zero-order chi connectivity index (χ0) is 13.1. The van der Waals surface area contributed by atoms with Crippen LogP contribution in [0.15, 0.2) is 34.9 Å². The monoisotopic (exact) mass is 234 g/mol. The Morgan fingerprint density at radius 1 is 0.824 bits per heavy atom. The van der Waals surface area contributed by atoms with Gasteiger partial charge in [0.15, 0.2) is 0 Å². The minimum absolute atomic E-state index is 1.20. The van der Waals surface area contributed by atoms with Gasteiger partial charge in [-0.3, -0.25) is 0 Å². The van der Waals surface area contributed by atoms with Crippen LogP contribution in [0.5, 0.6) is 0 Å². The van der Waals surface area contributed by atoms with E-state index in [0.29, 0.717) is 0 Å². The lowest BCUT2D eigenvalue weighted by Crippen LogP contribution is -1.84. The maximum atomic E-state index is 2.46. The lowest BCUT2D eigenvalue weighted by molar-refractivity contribution is 0.855. The molecule has 0 fully saturated rings. The van der Waals surface area contributed by atoms with Crippen molar-refractivity contribution >= 4 is 0 Å². The molecule has 0 radical (unpaired) electrons. The van der Waals surface area contributed by atoms with Crippen molar-refractivity contribution in [1.82, 2.24) is 0 Å². The molecule has 0 aromatic rings. The van der Waals surface area contributed by atoms with Gasteiger partial charge in [0.2, 0.25) is 0 Å². The first-order valence-corrected chi connectivity index (χ1v) is 7.09. The second-order valence-corrected chi connectivity index (χ2v) is 4.88. The quantitative estimate of drug-likeness (QED) is 0.438. The summed E-state index contributed by atoms with van der Waals surface area (Å²) in [5.74, 6) is 0. The Labute approximate surface area is 109 Å². The zero-order valence-corrected chi connectivity index (χ0v) is 12.5. The van der Waals surface area contributed by atoms with Gasteiger partial charge in [-0.1, -0.05) is 48.8 Å². The molecule has 0 spiro atoms. The molecule has 0 aliphatic heterocycles. The fourth-order valence-electron chi connectivity index (χ4n) is 1.96. The Balaban J connectivity index is 4.05. The molecule has 0 amide bonds. The highest BCUT2D eigenvalue weighted by Gasteiger charge is 1.95. The summed E-state index contributed by atoms with van der Waals surface area (Å²) in [6.45, 7) is 11.0. The molecule has 0 nitrogen and oxygen atoms in total. The highest BCUT2D eigenvalue weighted by Crippen LogP contribution is 2.15. The van der Waals surface area contributed by atoms with Crippen molar-refractivity contribution in [1.29, 1.82) is 0 Å². The molecule has 0 aliphatic carbocycles. The first-order valence-electron chi connectivity index (χ1n) is 7.09. The van der Waals surface area contributed by atoms with E-state index < -0.39 is 0 Å². The standard InChI is InChI=1S/C17H30/c1-6-16(7-2)12-10-14-17(8-3)13-9-11-15(4)5/h6,11,14H,7-10,12-13H2,1-5H3. The van der Waals surface area contributed by atoms with Gasteiger partial charge in [-0.05, 0) is 59.3 Å². The summed E-state index contributed by atoms with van der Waals surface area (Å²) in [5, 5.41) is 0. The molecular weight excluding hydrogens is 204 g/mol. The van der Waals surface area contributed by atoms with Crippen LogP contribution in [-0.4, -0.2) is 0 Å². The van der Waals surface area contributed by atoms with Crippen LogP contribution >= 0.6 is 0 Å². The molecule has 0 saturated carbocycles. The third-order valence-electron chi connectivity index (χ3n) is 3.23. The summed E-state index contributed by atoms with van der Waals surface area (Å²) >= 11 is 0. The van der Waals surface area contributed by atoms with Crippen LogP contribution in [0.2, 0.25) is 0 Å². The van der Waals surface area contributed by atoms with Crippen LogP contribution in [0.3, 0.4) is 0 Å². The molecule has 0 bridgehead atoms. The largest absolute Gasteiger partial charge is 0.0885 e. The van der Waals surface area contributed by atoms with E-state index in [1.165, 1.54) is 44.1 Å². The normalized spacial score (nSPS) is 12.8. The SMILES string of the molecule is CC=C(CC)CCC=C(CC)CCC=C(C)C. The first-order chi connectivity index (χ1) is 8.13. The molecule has 0 saturated heterocycles. The van der Waals surface area contributed by atoms with Gasteiger partial charge in [0.1, 0.15) is 0 Å². The smallest absolute Gasteiger partial charge is 0.0286 e. The fraction of sp³-hybridized carbons (Fsp3) is 0.647. The minimum Gasteiger partial charge on any atom is -0.0885 e. The van der Waals surface area contributed by atoms with E-state index in [-0.39, 0.29) is 0 Å². The first kappa shape index (κ1) is 16.2. The van der Waals surface area contributed by atoms with E-state index >= 15 is 0 Å². The van der Waals surface area contributed by atoms with E-state index in [1.54, 1.807) is 11.1 Å². The Morgan fingerprint density at radius 3 is 1.82 bits per heavy atom. The van der Waals surface area contributed by atoms with E-state index in [4.69, 9.17) is 0 Å². The van der Waals surface area contributed by atoms with Crippen molar-refractivity contribution in [2.45, 2.75) is 73.1 Å². The number of rotatable bonds is 8. The lowest BCUT2D eigenvalue weighted by Gasteiger charge is -2.05. The Bertz CT molecular complexity index is 272. The Morgan fingerprint density at radius 2 is 1.35 bits per heavy atom. The molecule has 0 aliphatic rings. The number of hydrogen-bond acceptors (Lipinski definition) is 0. The predicted octanol–water partition coefficient (Wildman–Crippen LogP) is 6.21. The van der Waals surface area contributed by atoms with E-state index in [1.807, 2.05) is 0 Å². The van der Waals surface area contributed by atoms with Crippen molar-refractivity contribution in [3.05, 3.63) is 34.9 Å². The van der Waals surface area contributed by atoms with E-state index in [9.17, 15) is 0 Å². The molecule has 0 aromatic heterocycles. The highest BCUT2D eigenvalue weighted by molar-refractivity contribution is 5.07. The fourth-order valence-corrected chi connectivity index (χ4v) is 1.96. The van der Waals surface area contributed by atoms with Gasteiger partial charge in [-0.25, -0.2) is 0 Å². The summed E-state index contributed by atoms with van der Waals surface area (Å²) in [7, 11) is 0. The lowest BCUT2D eigenvalue weighted by atomic mass is 10.0. The van der Waals surface area contributed by atoms with Gasteiger partial charge in [0, 0.05) is 0 Å². The average molecular weight is 234 g/mol. The van der Waals surface area contributed by atoms with E-state index in [0.717, 1.165) is 0 Å². The molecule has 0 heterocycles. The van der Waals surface area contributed by atoms with Gasteiger partial charge in [-0.15, -0.1) is 0 Å². The predicted molar refractivity (Wildman–Crippen MR) is 80.3 cm³/mol. The summed E-state index contributed by atoms with van der Waals surface area (Å²) < 4.78 is 0. The Hall–Kier alpha value is -0.780. The zero-order valence-electron chi connectivity index (χ0n) is 12.5. The average Bonchev–Trinajstić information content (AvgIpc) is 2.32. The molecule has 0 atom stereocenters. The van der Waals surface area contributed by atoms with Crippen LogP contribution in [-0.2, 0) is 0 Å². The molecule has 0 unspecified atom stereocenters. The van der Waals surface area contributed by atoms with Crippen molar-refractivity contribution in [3.8, 4) is 0 Å². The van der Waals surface area contributed by atoms with Crippen molar-refractivity contribution in [2.75, 3.05) is 0 Å². The highest BCUT2D eigenvalue weighted by atomic mass is 14.0. The third kappa shape index (κ3) is 8.97. The second kappa shape index (κ2) is 10.4. The number of hydrogen-bond donors (Lipinski definition) is 0. The maximum Gasteiger partial charge on any atom is -0.0286 e.